The van der Waals surface area contributed by atoms with E-state index in [-0.39, 0.29) is 17.0 Å². The first-order valence-electron chi connectivity index (χ1n) is 6.96. The zero-order valence-corrected chi connectivity index (χ0v) is 12.6. The van der Waals surface area contributed by atoms with E-state index in [1.807, 2.05) is 24.3 Å². The number of aliphatic hydroxyl groups excluding tert-OH is 1. The monoisotopic (exact) mass is 332 g/mol. The van der Waals surface area contributed by atoms with Crippen molar-refractivity contribution in [3.05, 3.63) is 65.7 Å². The third kappa shape index (κ3) is 2.20. The van der Waals surface area contributed by atoms with Crippen molar-refractivity contribution in [2.45, 2.75) is 6.92 Å². The molecule has 0 saturated carbocycles. The second kappa shape index (κ2) is 5.59. The molecule has 4 rings (SSSR count). The Labute approximate surface area is 136 Å². The van der Waals surface area contributed by atoms with E-state index >= 15 is 0 Å². The average molecular weight is 332 g/mol. The Kier molecular flexibility index (Phi) is 3.70. The Balaban J connectivity index is 0.00000169. The number of hydrazine groups is 2. The van der Waals surface area contributed by atoms with Gasteiger partial charge in [-0.3, -0.25) is 0 Å². The zero-order chi connectivity index (χ0) is 16.1. The summed E-state index contributed by atoms with van der Waals surface area (Å²) in [6.45, 7) is 1.77. The Hall–Kier alpha value is -2.97. The lowest BCUT2D eigenvalue weighted by atomic mass is 10.1. The Morgan fingerprint density at radius 3 is 2.54 bits per heavy atom. The molecular formula is C16H14F2N4O2. The van der Waals surface area contributed by atoms with Gasteiger partial charge in [-0.25, -0.2) is 23.8 Å². The number of fused-ring (bicyclic) bond motifs is 3. The number of hydrogen-bond acceptors (Lipinski definition) is 5. The smallest absolute Gasteiger partial charge is 0.235 e. The molecule has 8 heteroatoms. The first kappa shape index (κ1) is 15.9. The summed E-state index contributed by atoms with van der Waals surface area (Å²) < 4.78 is 26.6. The van der Waals surface area contributed by atoms with Crippen LogP contribution in [-0.2, 0) is 0 Å². The van der Waals surface area contributed by atoms with E-state index in [0.29, 0.717) is 11.4 Å². The first-order valence-corrected chi connectivity index (χ1v) is 6.96. The molecule has 4 N–H and O–H groups in total. The van der Waals surface area contributed by atoms with Gasteiger partial charge in [0.25, 0.3) is 0 Å². The van der Waals surface area contributed by atoms with Crippen LogP contribution in [0.2, 0.25) is 0 Å². The maximum atomic E-state index is 13.5. The van der Waals surface area contributed by atoms with Crippen molar-refractivity contribution in [1.82, 2.24) is 5.53 Å². The van der Waals surface area contributed by atoms with Gasteiger partial charge in [-0.2, -0.15) is 0 Å². The quantitative estimate of drug-likeness (QED) is 0.841. The number of hydrogen-bond donors (Lipinski definition) is 2. The van der Waals surface area contributed by atoms with Gasteiger partial charge in [0.2, 0.25) is 5.88 Å². The molecule has 2 aromatic rings. The fourth-order valence-electron chi connectivity index (χ4n) is 2.69. The summed E-state index contributed by atoms with van der Waals surface area (Å²) in [5, 5.41) is 13.4. The molecule has 6 nitrogen and oxygen atoms in total. The lowest BCUT2D eigenvalue weighted by Crippen LogP contribution is -2.43. The zero-order valence-electron chi connectivity index (χ0n) is 12.6. The van der Waals surface area contributed by atoms with Crippen LogP contribution in [0, 0.1) is 11.6 Å². The highest BCUT2D eigenvalue weighted by Gasteiger charge is 2.36. The number of rotatable bonds is 1. The molecule has 0 bridgehead atoms. The molecule has 0 fully saturated rings. The summed E-state index contributed by atoms with van der Waals surface area (Å²) in [4.78, 5) is 4.46. The molecule has 24 heavy (non-hydrogen) atoms. The van der Waals surface area contributed by atoms with Gasteiger partial charge >= 0.3 is 0 Å². The maximum Gasteiger partial charge on any atom is 0.235 e. The van der Waals surface area contributed by atoms with Crippen LogP contribution in [-0.4, -0.2) is 16.3 Å². The lowest BCUT2D eigenvalue weighted by Gasteiger charge is -2.27. The first-order chi connectivity index (χ1) is 11.1. The average Bonchev–Trinajstić information content (AvgIpc) is 2.89. The van der Waals surface area contributed by atoms with Crippen LogP contribution in [0.4, 0.5) is 25.8 Å². The van der Waals surface area contributed by atoms with E-state index in [0.717, 1.165) is 23.5 Å². The van der Waals surface area contributed by atoms with E-state index < -0.39 is 11.6 Å². The van der Waals surface area contributed by atoms with E-state index in [1.165, 1.54) is 11.1 Å². The highest BCUT2D eigenvalue weighted by Crippen LogP contribution is 2.39. The number of aliphatic hydroxyl groups is 1. The minimum absolute atomic E-state index is 0. The predicted molar refractivity (Wildman–Crippen MR) is 86.9 cm³/mol. The van der Waals surface area contributed by atoms with Gasteiger partial charge < -0.3 is 10.6 Å². The number of para-hydroxylation sites is 2. The summed E-state index contributed by atoms with van der Waals surface area (Å²) in [6.07, 6.45) is 0. The van der Waals surface area contributed by atoms with E-state index in [9.17, 15) is 13.9 Å². The van der Waals surface area contributed by atoms with Crippen LogP contribution >= 0.6 is 0 Å². The SMILES string of the molecule is CC1=Nc2ccccc2N2NN(c3ccc(F)c(F)c3)C(O)=C12.O. The molecule has 0 atom stereocenters. The van der Waals surface area contributed by atoms with Crippen molar-refractivity contribution in [2.75, 3.05) is 10.0 Å². The molecule has 2 aliphatic heterocycles. The number of benzene rings is 2. The fraction of sp³-hybridized carbons (Fsp3) is 0.0625. The second-order valence-corrected chi connectivity index (χ2v) is 5.23. The van der Waals surface area contributed by atoms with Gasteiger partial charge in [-0.15, -0.1) is 5.53 Å². The summed E-state index contributed by atoms with van der Waals surface area (Å²) in [6, 6.07) is 10.8. The Morgan fingerprint density at radius 2 is 1.79 bits per heavy atom. The molecule has 2 aliphatic rings. The molecule has 0 spiro atoms. The van der Waals surface area contributed by atoms with Gasteiger partial charge in [-0.1, -0.05) is 12.1 Å². The number of nitrogens with one attached hydrogen (secondary N) is 1. The highest BCUT2D eigenvalue weighted by atomic mass is 19.2. The van der Waals surface area contributed by atoms with Crippen molar-refractivity contribution in [2.24, 2.45) is 4.99 Å². The Bertz CT molecular complexity index is 882. The standard InChI is InChI=1S/C16H12F2N4O.H2O/c1-9-15-16(23)21(10-6-7-11(17)12(18)8-10)20-22(15)14-5-3-2-4-13(14)19-9;/h2-8,20,23H,1H3;1H2. The van der Waals surface area contributed by atoms with E-state index in [4.69, 9.17) is 0 Å². The molecular weight excluding hydrogens is 318 g/mol. The summed E-state index contributed by atoms with van der Waals surface area (Å²) in [7, 11) is 0. The molecule has 0 aromatic heterocycles. The molecule has 0 unspecified atom stereocenters. The number of halogens is 2. The minimum atomic E-state index is -0.988. The molecule has 0 amide bonds. The predicted octanol–water partition coefficient (Wildman–Crippen LogP) is 2.72. The second-order valence-electron chi connectivity index (χ2n) is 5.23. The van der Waals surface area contributed by atoms with Crippen LogP contribution in [0.15, 0.2) is 59.0 Å². The van der Waals surface area contributed by atoms with Crippen molar-refractivity contribution < 1.29 is 19.4 Å². The lowest BCUT2D eigenvalue weighted by molar-refractivity contribution is 0.388. The van der Waals surface area contributed by atoms with Crippen LogP contribution in [0.5, 0.6) is 0 Å². The largest absolute Gasteiger partial charge is 0.492 e. The van der Waals surface area contributed by atoms with Crippen molar-refractivity contribution >= 4 is 22.8 Å². The molecule has 0 aliphatic carbocycles. The third-order valence-electron chi connectivity index (χ3n) is 3.76. The number of aliphatic imine (C=N–C) groups is 1. The Morgan fingerprint density at radius 1 is 1.04 bits per heavy atom. The number of nitrogens with zero attached hydrogens (tertiary/aromatic N) is 3. The van der Waals surface area contributed by atoms with Crippen molar-refractivity contribution in [3.63, 3.8) is 0 Å². The van der Waals surface area contributed by atoms with Crippen LogP contribution in [0.3, 0.4) is 0 Å². The van der Waals surface area contributed by atoms with Crippen LogP contribution in [0.1, 0.15) is 6.92 Å². The van der Waals surface area contributed by atoms with Crippen LogP contribution in [0.25, 0.3) is 0 Å². The van der Waals surface area contributed by atoms with Gasteiger partial charge in [0.15, 0.2) is 11.6 Å². The number of anilines is 2. The number of allylic oxidation sites excluding steroid dienone is 1. The van der Waals surface area contributed by atoms with Crippen LogP contribution < -0.4 is 15.6 Å². The summed E-state index contributed by atoms with van der Waals surface area (Å²) >= 11 is 0. The normalized spacial score (nSPS) is 15.7. The van der Waals surface area contributed by atoms with E-state index in [1.54, 1.807) is 11.9 Å². The maximum absolute atomic E-state index is 13.5. The fourth-order valence-corrected chi connectivity index (χ4v) is 2.69. The molecule has 2 heterocycles. The summed E-state index contributed by atoms with van der Waals surface area (Å²) in [5.41, 5.74) is 5.82. The topological polar surface area (TPSA) is 82.6 Å². The van der Waals surface area contributed by atoms with Gasteiger partial charge in [0.1, 0.15) is 5.70 Å². The molecule has 0 radical (unpaired) electrons. The van der Waals surface area contributed by atoms with E-state index in [2.05, 4.69) is 10.5 Å². The van der Waals surface area contributed by atoms with Gasteiger partial charge in [0.05, 0.1) is 22.8 Å². The van der Waals surface area contributed by atoms with Crippen molar-refractivity contribution in [3.8, 4) is 0 Å². The van der Waals surface area contributed by atoms with Gasteiger partial charge in [-0.05, 0) is 31.2 Å². The summed E-state index contributed by atoms with van der Waals surface area (Å²) in [5.74, 6) is -2.06. The molecule has 2 aromatic carbocycles. The molecule has 0 saturated heterocycles. The third-order valence-corrected chi connectivity index (χ3v) is 3.76. The minimum Gasteiger partial charge on any atom is -0.492 e. The van der Waals surface area contributed by atoms with Gasteiger partial charge in [0, 0.05) is 6.07 Å². The van der Waals surface area contributed by atoms with Crippen molar-refractivity contribution in [1.29, 1.82) is 0 Å². The highest BCUT2D eigenvalue weighted by molar-refractivity contribution is 6.07. The molecule has 124 valence electrons.